The van der Waals surface area contributed by atoms with Gasteiger partial charge in [0, 0.05) is 6.42 Å². The Morgan fingerprint density at radius 1 is 0.786 bits per heavy atom. The van der Waals surface area contributed by atoms with Crippen molar-refractivity contribution in [3.05, 3.63) is 91.0 Å². The van der Waals surface area contributed by atoms with Crippen LogP contribution in [0.5, 0.6) is 0 Å². The number of carbonyl (C=O) groups is 1. The maximum atomic E-state index is 11.7. The summed E-state index contributed by atoms with van der Waals surface area (Å²) in [6, 6.07) is 32.6. The highest BCUT2D eigenvalue weighted by Crippen LogP contribution is 2.56. The molecular formula is C25H28O2P+. The van der Waals surface area contributed by atoms with Gasteiger partial charge in [-0.05, 0) is 48.7 Å². The number of benzene rings is 3. The third-order valence-electron chi connectivity index (χ3n) is 5.29. The van der Waals surface area contributed by atoms with Gasteiger partial charge in [-0.25, -0.2) is 0 Å². The van der Waals surface area contributed by atoms with Gasteiger partial charge in [-0.1, -0.05) is 61.5 Å². The van der Waals surface area contributed by atoms with Gasteiger partial charge in [-0.15, -0.1) is 0 Å². The van der Waals surface area contributed by atoms with E-state index >= 15 is 0 Å². The van der Waals surface area contributed by atoms with Gasteiger partial charge in [0.2, 0.25) is 0 Å². The third kappa shape index (κ3) is 4.51. The summed E-state index contributed by atoms with van der Waals surface area (Å²) in [5, 5.41) is 4.16. The van der Waals surface area contributed by atoms with E-state index in [1.54, 1.807) is 0 Å². The molecule has 0 saturated heterocycles. The first-order valence-electron chi connectivity index (χ1n) is 9.78. The summed E-state index contributed by atoms with van der Waals surface area (Å²) in [7, 11) is -0.349. The molecule has 0 saturated carbocycles. The van der Waals surface area contributed by atoms with Crippen LogP contribution in [0.25, 0.3) is 0 Å². The molecule has 3 rings (SSSR count). The van der Waals surface area contributed by atoms with Gasteiger partial charge in [-0.2, -0.15) is 0 Å². The van der Waals surface area contributed by atoms with Crippen molar-refractivity contribution in [2.45, 2.75) is 19.8 Å². The lowest BCUT2D eigenvalue weighted by molar-refractivity contribution is -0.141. The van der Waals surface area contributed by atoms with Crippen molar-refractivity contribution in [1.29, 1.82) is 0 Å². The molecule has 0 aliphatic heterocycles. The van der Waals surface area contributed by atoms with Crippen molar-refractivity contribution in [2.24, 2.45) is 5.92 Å². The van der Waals surface area contributed by atoms with E-state index in [2.05, 4.69) is 97.9 Å². The Morgan fingerprint density at radius 2 is 1.18 bits per heavy atom. The molecule has 0 N–H and O–H groups in total. The molecule has 0 spiro atoms. The third-order valence-corrected chi connectivity index (χ3v) is 9.76. The van der Waals surface area contributed by atoms with Crippen molar-refractivity contribution < 1.29 is 9.53 Å². The summed E-state index contributed by atoms with van der Waals surface area (Å²) >= 11 is 0. The molecule has 0 aromatic heterocycles. The minimum atomic E-state index is -1.81. The Balaban J connectivity index is 2.07. The first-order valence-corrected chi connectivity index (χ1v) is 11.8. The molecule has 28 heavy (non-hydrogen) atoms. The number of carbonyl (C=O) groups excluding carboxylic acids is 1. The first-order chi connectivity index (χ1) is 13.7. The topological polar surface area (TPSA) is 26.3 Å². The molecule has 0 fully saturated rings. The molecule has 0 aliphatic rings. The second kappa shape index (κ2) is 9.66. The zero-order chi connectivity index (χ0) is 19.8. The Kier molecular flexibility index (Phi) is 7.01. The Labute approximate surface area is 168 Å². The second-order valence-corrected chi connectivity index (χ2v) is 10.8. The van der Waals surface area contributed by atoms with Crippen molar-refractivity contribution in [3.63, 3.8) is 0 Å². The average molecular weight is 391 g/mol. The molecule has 0 aliphatic carbocycles. The van der Waals surface area contributed by atoms with E-state index in [-0.39, 0.29) is 11.9 Å². The summed E-state index contributed by atoms with van der Waals surface area (Å²) in [4.78, 5) is 11.7. The standard InChI is InChI=1S/C25H28O2P/c1-21(20-25(26)27-2)18-19-28(22-12-6-3-7-13-22,23-14-8-4-9-15-23)24-16-10-5-11-17-24/h3-17,21H,18-20H2,1-2H3/q+1. The highest BCUT2D eigenvalue weighted by atomic mass is 31.2. The van der Waals surface area contributed by atoms with Gasteiger partial charge in [0.05, 0.1) is 13.3 Å². The van der Waals surface area contributed by atoms with Gasteiger partial charge < -0.3 is 4.74 Å². The van der Waals surface area contributed by atoms with Crippen LogP contribution in [0.1, 0.15) is 19.8 Å². The Bertz CT molecular complexity index is 766. The van der Waals surface area contributed by atoms with Crippen LogP contribution < -0.4 is 15.9 Å². The maximum absolute atomic E-state index is 11.7. The Morgan fingerprint density at radius 3 is 1.54 bits per heavy atom. The number of ether oxygens (including phenoxy) is 1. The van der Waals surface area contributed by atoms with Crippen molar-refractivity contribution in [1.82, 2.24) is 0 Å². The summed E-state index contributed by atoms with van der Waals surface area (Å²) < 4.78 is 4.88. The van der Waals surface area contributed by atoms with E-state index < -0.39 is 7.26 Å². The van der Waals surface area contributed by atoms with E-state index in [4.69, 9.17) is 4.74 Å². The molecule has 0 amide bonds. The van der Waals surface area contributed by atoms with E-state index in [1.165, 1.54) is 23.0 Å². The van der Waals surface area contributed by atoms with Crippen LogP contribution in [-0.4, -0.2) is 19.2 Å². The van der Waals surface area contributed by atoms with Crippen LogP contribution in [-0.2, 0) is 9.53 Å². The van der Waals surface area contributed by atoms with Crippen molar-refractivity contribution in [3.8, 4) is 0 Å². The summed E-state index contributed by atoms with van der Waals surface area (Å²) in [5.74, 6) is 0.151. The molecule has 144 valence electrons. The van der Waals surface area contributed by atoms with E-state index in [0.29, 0.717) is 6.42 Å². The number of methoxy groups -OCH3 is 1. The van der Waals surface area contributed by atoms with Gasteiger partial charge in [0.15, 0.2) is 0 Å². The number of rotatable bonds is 8. The first kappa shape index (κ1) is 20.3. The van der Waals surface area contributed by atoms with Crippen LogP contribution in [0.15, 0.2) is 91.0 Å². The zero-order valence-electron chi connectivity index (χ0n) is 16.6. The molecule has 2 nitrogen and oxygen atoms in total. The molecule has 3 aromatic rings. The lowest BCUT2D eigenvalue weighted by Gasteiger charge is -2.28. The quantitative estimate of drug-likeness (QED) is 0.415. The highest BCUT2D eigenvalue weighted by molar-refractivity contribution is 7.95. The minimum Gasteiger partial charge on any atom is -0.469 e. The predicted molar refractivity (Wildman–Crippen MR) is 120 cm³/mol. The van der Waals surface area contributed by atoms with Gasteiger partial charge >= 0.3 is 5.97 Å². The summed E-state index contributed by atoms with van der Waals surface area (Å²) in [6.45, 7) is 2.15. The summed E-state index contributed by atoms with van der Waals surface area (Å²) in [5.41, 5.74) is 0. The molecule has 1 atom stereocenters. The summed E-state index contributed by atoms with van der Waals surface area (Å²) in [6.07, 6.45) is 2.47. The van der Waals surface area contributed by atoms with Gasteiger partial charge in [0.25, 0.3) is 0 Å². The number of hydrogen-bond acceptors (Lipinski definition) is 2. The monoisotopic (exact) mass is 391 g/mol. The van der Waals surface area contributed by atoms with Crippen LogP contribution >= 0.6 is 7.26 Å². The largest absolute Gasteiger partial charge is 0.469 e. The van der Waals surface area contributed by atoms with E-state index in [0.717, 1.165) is 12.6 Å². The Hall–Kier alpha value is -2.44. The van der Waals surface area contributed by atoms with Crippen LogP contribution in [0.3, 0.4) is 0 Å². The minimum absolute atomic E-state index is 0.129. The fourth-order valence-electron chi connectivity index (χ4n) is 3.77. The zero-order valence-corrected chi connectivity index (χ0v) is 17.5. The molecule has 0 heterocycles. The van der Waals surface area contributed by atoms with E-state index in [1.807, 2.05) is 0 Å². The number of hydrogen-bond donors (Lipinski definition) is 0. The SMILES string of the molecule is COC(=O)CC(C)CC[P+](c1ccccc1)(c1ccccc1)c1ccccc1. The number of esters is 1. The predicted octanol–water partition coefficient (Wildman–Crippen LogP) is 4.57. The van der Waals surface area contributed by atoms with Crippen LogP contribution in [0, 0.1) is 5.92 Å². The highest BCUT2D eigenvalue weighted by Gasteiger charge is 2.44. The van der Waals surface area contributed by atoms with Gasteiger partial charge in [0.1, 0.15) is 23.2 Å². The molecule has 3 heteroatoms. The smallest absolute Gasteiger partial charge is 0.305 e. The van der Waals surface area contributed by atoms with Crippen LogP contribution in [0.4, 0.5) is 0 Å². The second-order valence-electron chi connectivity index (χ2n) is 7.21. The lowest BCUT2D eigenvalue weighted by atomic mass is 10.1. The normalized spacial score (nSPS) is 12.4. The fourth-order valence-corrected chi connectivity index (χ4v) is 8.31. The molecule has 0 bridgehead atoms. The molecular weight excluding hydrogens is 363 g/mol. The fraction of sp³-hybridized carbons (Fsp3) is 0.240. The van der Waals surface area contributed by atoms with Crippen molar-refractivity contribution >= 4 is 29.1 Å². The lowest BCUT2D eigenvalue weighted by Crippen LogP contribution is -2.34. The molecule has 1 unspecified atom stereocenters. The maximum Gasteiger partial charge on any atom is 0.305 e. The van der Waals surface area contributed by atoms with Crippen molar-refractivity contribution in [2.75, 3.05) is 13.3 Å². The van der Waals surface area contributed by atoms with Gasteiger partial charge in [-0.3, -0.25) is 4.79 Å². The molecule has 0 radical (unpaired) electrons. The molecule has 3 aromatic carbocycles. The van der Waals surface area contributed by atoms with Crippen LogP contribution in [0.2, 0.25) is 0 Å². The van der Waals surface area contributed by atoms with E-state index in [9.17, 15) is 4.79 Å². The average Bonchev–Trinajstić information content (AvgIpc) is 2.76.